The van der Waals surface area contributed by atoms with E-state index in [1.807, 2.05) is 36.4 Å². The summed E-state index contributed by atoms with van der Waals surface area (Å²) < 4.78 is 91.7. The van der Waals surface area contributed by atoms with Crippen molar-refractivity contribution in [1.29, 1.82) is 0 Å². The Morgan fingerprint density at radius 2 is 0.828 bits per heavy atom. The molecule has 0 aliphatic carbocycles. The van der Waals surface area contributed by atoms with Crippen LogP contribution in [0.25, 0.3) is 127 Å². The summed E-state index contributed by atoms with van der Waals surface area (Å²) in [6.07, 6.45) is 0. The van der Waals surface area contributed by atoms with Gasteiger partial charge < -0.3 is 18.1 Å². The van der Waals surface area contributed by atoms with E-state index in [2.05, 4.69) is 135 Å². The largest absolute Gasteiger partial charge is 0.456 e. The van der Waals surface area contributed by atoms with Crippen LogP contribution >= 0.6 is 0 Å². The number of para-hydroxylation sites is 4. The zero-order valence-corrected chi connectivity index (χ0v) is 33.9. The lowest BCUT2D eigenvalue weighted by molar-refractivity contribution is 0.669. The molecule has 0 spiro atoms. The quantitative estimate of drug-likeness (QED) is 0.170. The molecule has 0 amide bonds. The van der Waals surface area contributed by atoms with Crippen LogP contribution in [0.15, 0.2) is 229 Å². The molecule has 0 aliphatic rings. The van der Waals surface area contributed by atoms with E-state index in [0.717, 1.165) is 77.1 Å². The third-order valence-corrected chi connectivity index (χ3v) is 12.8. The number of rotatable bonds is 5. The summed E-state index contributed by atoms with van der Waals surface area (Å²) in [6, 6.07) is 53.6. The maximum absolute atomic E-state index is 9.42. The van der Waals surface area contributed by atoms with E-state index in [-0.39, 0.29) is 28.8 Å². The lowest BCUT2D eigenvalue weighted by Crippen LogP contribution is -1.97. The highest BCUT2D eigenvalue weighted by Gasteiger charge is 2.21. The van der Waals surface area contributed by atoms with Crippen molar-refractivity contribution < 1.29 is 16.8 Å². The van der Waals surface area contributed by atoms with Crippen LogP contribution in [-0.4, -0.2) is 13.7 Å². The van der Waals surface area contributed by atoms with Crippen molar-refractivity contribution in [1.82, 2.24) is 13.7 Å². The number of nitrogens with zero attached hydrogens (tertiary/aromatic N) is 3. The molecule has 0 radical (unpaired) electrons. The van der Waals surface area contributed by atoms with Crippen molar-refractivity contribution in [3.05, 3.63) is 224 Å². The van der Waals surface area contributed by atoms with E-state index >= 15 is 0 Å². The summed E-state index contributed by atoms with van der Waals surface area (Å²) in [4.78, 5) is 0. The van der Waals surface area contributed by atoms with Crippen molar-refractivity contribution in [2.75, 3.05) is 0 Å². The fourth-order valence-corrected chi connectivity index (χ4v) is 10.1. The monoisotopic (exact) mass is 824 g/mol. The van der Waals surface area contributed by atoms with Gasteiger partial charge in [-0.2, -0.15) is 0 Å². The van der Waals surface area contributed by atoms with Gasteiger partial charge in [0.1, 0.15) is 11.2 Å². The molecule has 0 unspecified atom stereocenters. The highest BCUT2D eigenvalue weighted by atomic mass is 16.3. The molecular formula is C60H37N3O. The smallest absolute Gasteiger partial charge is 0.137 e. The number of furan rings is 1. The zero-order chi connectivity index (χ0) is 49.7. The topological polar surface area (TPSA) is 27.9 Å². The van der Waals surface area contributed by atoms with Crippen molar-refractivity contribution in [3.63, 3.8) is 0 Å². The molecule has 0 fully saturated rings. The number of benzene rings is 10. The van der Waals surface area contributed by atoms with Crippen LogP contribution in [0.3, 0.4) is 0 Å². The molecule has 4 nitrogen and oxygen atoms in total. The van der Waals surface area contributed by atoms with Crippen molar-refractivity contribution >= 4 is 87.4 Å². The number of fused-ring (bicyclic) bond motifs is 12. The third kappa shape index (κ3) is 5.05. The van der Waals surface area contributed by atoms with Gasteiger partial charge in [-0.15, -0.1) is 0 Å². The maximum atomic E-state index is 9.42. The minimum absolute atomic E-state index is 0.00562. The van der Waals surface area contributed by atoms with E-state index in [4.69, 9.17) is 15.4 Å². The van der Waals surface area contributed by atoms with Crippen LogP contribution in [0.2, 0.25) is 0 Å². The van der Waals surface area contributed by atoms with E-state index < -0.39 is 42.3 Å². The molecule has 0 atom stereocenters. The number of hydrogen-bond acceptors (Lipinski definition) is 1. The molecule has 64 heavy (non-hydrogen) atoms. The first-order valence-electron chi connectivity index (χ1n) is 25.7. The van der Waals surface area contributed by atoms with E-state index in [0.29, 0.717) is 22.1 Å². The van der Waals surface area contributed by atoms with Crippen LogP contribution in [0, 0.1) is 0 Å². The Kier molecular flexibility index (Phi) is 5.75. The Labute approximate surface area is 380 Å². The SMILES string of the molecule is [2H]c1c([2H])c([2H])c(-c2c([2H])c([2H])c([2H])c(-c3ccc4oc5cccc(-n6c7ccccc7c7cc(-n8c9ccccc9c9cc(-n%10c%11ccccc%11c%11ccccc%11%10)ccc98)ccc76)c5c4c3)c2[2H])c([2H])c1[2H]. The molecule has 0 saturated carbocycles. The fraction of sp³-hybridized carbons (Fsp3) is 0. The first-order chi connectivity index (χ1) is 35.5. The predicted molar refractivity (Wildman–Crippen MR) is 268 cm³/mol. The normalized spacial score (nSPS) is 14.0. The summed E-state index contributed by atoms with van der Waals surface area (Å²) >= 11 is 0. The second-order valence-corrected chi connectivity index (χ2v) is 16.2. The first-order valence-corrected chi connectivity index (χ1v) is 21.2. The van der Waals surface area contributed by atoms with Crippen LogP contribution in [0.5, 0.6) is 0 Å². The van der Waals surface area contributed by atoms with Gasteiger partial charge in [-0.1, -0.05) is 133 Å². The van der Waals surface area contributed by atoms with Crippen molar-refractivity contribution in [3.8, 4) is 39.3 Å². The van der Waals surface area contributed by atoms with E-state index in [1.165, 1.54) is 10.8 Å². The lowest BCUT2D eigenvalue weighted by Gasteiger charge is -2.12. The maximum Gasteiger partial charge on any atom is 0.137 e. The highest BCUT2D eigenvalue weighted by Crippen LogP contribution is 2.42. The predicted octanol–water partition coefficient (Wildman–Crippen LogP) is 16.2. The van der Waals surface area contributed by atoms with E-state index in [1.54, 1.807) is 12.1 Å². The third-order valence-electron chi connectivity index (χ3n) is 12.8. The molecule has 14 rings (SSSR count). The summed E-state index contributed by atoms with van der Waals surface area (Å²) in [5.74, 6) is 0. The number of aromatic nitrogens is 3. The standard InChI is InChI=1S/C60H37N3O/c1-2-14-38(15-3-1)39-16-12-17-40(34-39)41-28-33-58-50(35-41)60-57(26-13-27-59(60)64-58)63-54-25-11-7-21-47(54)49-37-43(30-32-56(49)63)62-53-24-10-6-20-46(53)48-36-42(29-31-55(48)62)61-51-22-8-4-18-44(51)45-19-5-9-23-52(45)61/h1-37H/i1D,2D,3D,12D,14D,15D,16D,17D,34D. The summed E-state index contributed by atoms with van der Waals surface area (Å²) in [5.41, 5.74) is 10.2. The molecule has 298 valence electrons. The van der Waals surface area contributed by atoms with Gasteiger partial charge in [0, 0.05) is 49.1 Å². The van der Waals surface area contributed by atoms with E-state index in [9.17, 15) is 1.37 Å². The van der Waals surface area contributed by atoms with Crippen LogP contribution < -0.4 is 0 Å². The van der Waals surface area contributed by atoms with Crippen LogP contribution in [-0.2, 0) is 0 Å². The summed E-state index contributed by atoms with van der Waals surface area (Å²) in [6.45, 7) is 0. The molecule has 0 saturated heterocycles. The Morgan fingerprint density at radius 1 is 0.328 bits per heavy atom. The molecule has 4 heterocycles. The minimum Gasteiger partial charge on any atom is -0.456 e. The van der Waals surface area contributed by atoms with Crippen molar-refractivity contribution in [2.45, 2.75) is 0 Å². The van der Waals surface area contributed by atoms with Gasteiger partial charge in [-0.05, 0) is 113 Å². The van der Waals surface area contributed by atoms with Gasteiger partial charge >= 0.3 is 0 Å². The molecule has 4 aromatic heterocycles. The average Bonchev–Trinajstić information content (AvgIpc) is 4.16. The zero-order valence-electron chi connectivity index (χ0n) is 42.9. The second-order valence-electron chi connectivity index (χ2n) is 16.2. The molecule has 0 aliphatic heterocycles. The first kappa shape index (κ1) is 27.4. The fourth-order valence-electron chi connectivity index (χ4n) is 10.1. The highest BCUT2D eigenvalue weighted by molar-refractivity contribution is 6.16. The molecule has 10 aromatic carbocycles. The minimum atomic E-state index is -0.616. The molecular weight excluding hydrogens is 779 g/mol. The summed E-state index contributed by atoms with van der Waals surface area (Å²) in [7, 11) is 0. The van der Waals surface area contributed by atoms with Gasteiger partial charge in [-0.25, -0.2) is 0 Å². The van der Waals surface area contributed by atoms with Gasteiger partial charge in [0.15, 0.2) is 0 Å². The number of hydrogen-bond donors (Lipinski definition) is 0. The molecule has 4 heteroatoms. The van der Waals surface area contributed by atoms with Crippen LogP contribution in [0.1, 0.15) is 12.3 Å². The average molecular weight is 825 g/mol. The molecule has 14 aromatic rings. The second kappa shape index (κ2) is 13.4. The molecule has 0 N–H and O–H groups in total. The Balaban J connectivity index is 0.953. The lowest BCUT2D eigenvalue weighted by atomic mass is 9.98. The van der Waals surface area contributed by atoms with Gasteiger partial charge in [0.25, 0.3) is 0 Å². The van der Waals surface area contributed by atoms with Crippen LogP contribution in [0.4, 0.5) is 0 Å². The Hall–Kier alpha value is -8.60. The van der Waals surface area contributed by atoms with Gasteiger partial charge in [0.05, 0.1) is 56.5 Å². The molecule has 0 bridgehead atoms. The Morgan fingerprint density at radius 3 is 1.44 bits per heavy atom. The van der Waals surface area contributed by atoms with Crippen molar-refractivity contribution in [2.24, 2.45) is 0 Å². The van der Waals surface area contributed by atoms with Gasteiger partial charge in [0.2, 0.25) is 0 Å². The Bertz CT molecular complexity index is 4670. The van der Waals surface area contributed by atoms with Gasteiger partial charge in [-0.3, -0.25) is 0 Å². The summed E-state index contributed by atoms with van der Waals surface area (Å²) in [5, 5.41) is 8.28.